The van der Waals surface area contributed by atoms with Crippen molar-refractivity contribution in [3.8, 4) is 5.75 Å². The van der Waals surface area contributed by atoms with Crippen LogP contribution in [0.5, 0.6) is 5.75 Å². The highest BCUT2D eigenvalue weighted by atomic mass is 32.2. The molecule has 9 nitrogen and oxygen atoms in total. The van der Waals surface area contributed by atoms with Crippen LogP contribution >= 0.6 is 0 Å². The van der Waals surface area contributed by atoms with E-state index in [0.29, 0.717) is 15.6 Å². The van der Waals surface area contributed by atoms with Gasteiger partial charge in [0.1, 0.15) is 24.2 Å². The van der Waals surface area contributed by atoms with Crippen molar-refractivity contribution in [3.63, 3.8) is 0 Å². The Hall–Kier alpha value is -3.18. The summed E-state index contributed by atoms with van der Waals surface area (Å²) in [6.07, 6.45) is 0. The second-order valence-electron chi connectivity index (χ2n) is 8.46. The lowest BCUT2D eigenvalue weighted by Gasteiger charge is -2.33. The summed E-state index contributed by atoms with van der Waals surface area (Å²) in [6.45, 7) is 4.45. The van der Waals surface area contributed by atoms with Gasteiger partial charge in [0.25, 0.3) is 0 Å². The third-order valence-corrected chi connectivity index (χ3v) is 7.03. The van der Waals surface area contributed by atoms with E-state index in [1.54, 1.807) is 45.0 Å². The van der Waals surface area contributed by atoms with Crippen LogP contribution in [0.1, 0.15) is 26.3 Å². The van der Waals surface area contributed by atoms with E-state index in [9.17, 15) is 22.4 Å². The molecule has 0 radical (unpaired) electrons. The van der Waals surface area contributed by atoms with E-state index in [1.165, 1.54) is 44.3 Å². The number of carbonyl (C=O) groups excluding carboxylic acids is 2. The minimum Gasteiger partial charge on any atom is -0.497 e. The fourth-order valence-corrected chi connectivity index (χ4v) is 4.38. The van der Waals surface area contributed by atoms with E-state index < -0.39 is 40.4 Å². The monoisotopic (exact) mass is 508 g/mol. The van der Waals surface area contributed by atoms with E-state index in [4.69, 9.17) is 4.74 Å². The Kier molecular flexibility index (Phi) is 9.61. The van der Waals surface area contributed by atoms with Gasteiger partial charge in [0.2, 0.25) is 11.8 Å². The van der Waals surface area contributed by atoms with Gasteiger partial charge in [-0.15, -0.1) is 0 Å². The highest BCUT2D eigenvalue weighted by Crippen LogP contribution is 2.24. The van der Waals surface area contributed by atoms with E-state index in [1.807, 2.05) is 0 Å². The van der Waals surface area contributed by atoms with Crippen LogP contribution in [-0.4, -0.2) is 69.3 Å². The number of carbonyl (C=O) groups is 2. The van der Waals surface area contributed by atoms with E-state index in [0.717, 1.165) is 10.4 Å². The van der Waals surface area contributed by atoms with Crippen molar-refractivity contribution in [1.82, 2.24) is 14.5 Å². The number of methoxy groups -OCH3 is 1. The number of anilines is 1. The highest BCUT2D eigenvalue weighted by molar-refractivity contribution is 7.90. The average molecular weight is 509 g/mol. The van der Waals surface area contributed by atoms with Gasteiger partial charge in [0.05, 0.1) is 12.8 Å². The number of para-hydroxylation sites is 1. The maximum atomic E-state index is 14.6. The number of nitrogens with zero attached hydrogens (tertiary/aromatic N) is 3. The molecule has 0 fully saturated rings. The fraction of sp³-hybridized carbons (Fsp3) is 0.417. The number of benzene rings is 2. The molecule has 2 rings (SSSR count). The summed E-state index contributed by atoms with van der Waals surface area (Å²) in [5.74, 6) is -1.30. The van der Waals surface area contributed by atoms with Gasteiger partial charge in [-0.2, -0.15) is 12.7 Å². The van der Waals surface area contributed by atoms with Crippen LogP contribution in [0.4, 0.5) is 10.1 Å². The molecule has 11 heteroatoms. The summed E-state index contributed by atoms with van der Waals surface area (Å²) in [6, 6.07) is 11.2. The molecule has 0 spiro atoms. The first-order valence-corrected chi connectivity index (χ1v) is 12.5. The molecule has 0 aliphatic heterocycles. The number of ether oxygens (including phenoxy) is 1. The van der Waals surface area contributed by atoms with Crippen molar-refractivity contribution in [2.24, 2.45) is 0 Å². The van der Waals surface area contributed by atoms with Crippen LogP contribution in [0.25, 0.3) is 0 Å². The second kappa shape index (κ2) is 12.0. The molecular weight excluding hydrogens is 475 g/mol. The molecule has 0 aromatic heterocycles. The van der Waals surface area contributed by atoms with E-state index in [-0.39, 0.29) is 18.3 Å². The van der Waals surface area contributed by atoms with Crippen molar-refractivity contribution in [2.45, 2.75) is 39.4 Å². The predicted molar refractivity (Wildman–Crippen MR) is 133 cm³/mol. The largest absolute Gasteiger partial charge is 0.497 e. The Morgan fingerprint density at radius 2 is 1.71 bits per heavy atom. The first kappa shape index (κ1) is 28.1. The standard InChI is InChI=1S/C24H33FN4O5S/c1-17(2)26-24(31)18(3)28(15-19-10-9-11-20(14-19)34-6)23(30)16-29(35(32,33)27(4)5)22-13-8-7-12-21(22)25/h7-14,17-18H,15-16H2,1-6H3,(H,26,31)/t18-/m1/s1. The lowest BCUT2D eigenvalue weighted by molar-refractivity contribution is -0.139. The van der Waals surface area contributed by atoms with Gasteiger partial charge in [-0.1, -0.05) is 24.3 Å². The van der Waals surface area contributed by atoms with Gasteiger partial charge in [-0.3, -0.25) is 9.59 Å². The lowest BCUT2D eigenvalue weighted by atomic mass is 10.1. The molecule has 0 unspecified atom stereocenters. The van der Waals surface area contributed by atoms with Crippen molar-refractivity contribution < 1.29 is 27.1 Å². The molecule has 192 valence electrons. The van der Waals surface area contributed by atoms with Gasteiger partial charge in [0.15, 0.2) is 0 Å². The first-order chi connectivity index (χ1) is 16.4. The SMILES string of the molecule is COc1cccc(CN(C(=O)CN(c2ccccc2F)S(=O)(=O)N(C)C)[C@H](C)C(=O)NC(C)C)c1. The summed E-state index contributed by atoms with van der Waals surface area (Å²) >= 11 is 0. The fourth-order valence-electron chi connectivity index (χ4n) is 3.31. The zero-order valence-electron chi connectivity index (χ0n) is 20.9. The Balaban J connectivity index is 2.49. The van der Waals surface area contributed by atoms with Crippen LogP contribution in [-0.2, 0) is 26.3 Å². The summed E-state index contributed by atoms with van der Waals surface area (Å²) < 4.78 is 47.6. The summed E-state index contributed by atoms with van der Waals surface area (Å²) in [4.78, 5) is 27.6. The maximum absolute atomic E-state index is 14.6. The number of hydrogen-bond acceptors (Lipinski definition) is 5. The average Bonchev–Trinajstić information content (AvgIpc) is 2.80. The Bertz CT molecular complexity index is 1140. The molecule has 0 saturated carbocycles. The summed E-state index contributed by atoms with van der Waals surface area (Å²) in [5, 5.41) is 2.77. The zero-order chi connectivity index (χ0) is 26.3. The molecule has 1 atom stereocenters. The molecule has 35 heavy (non-hydrogen) atoms. The third-order valence-electron chi connectivity index (χ3n) is 5.23. The molecule has 0 heterocycles. The quantitative estimate of drug-likeness (QED) is 0.503. The number of halogens is 1. The molecule has 1 N–H and O–H groups in total. The van der Waals surface area contributed by atoms with Gasteiger partial charge in [0, 0.05) is 26.7 Å². The molecular formula is C24H33FN4O5S. The molecule has 2 amide bonds. The topological polar surface area (TPSA) is 99.3 Å². The van der Waals surface area contributed by atoms with Crippen molar-refractivity contribution in [3.05, 3.63) is 59.9 Å². The summed E-state index contributed by atoms with van der Waals surface area (Å²) in [7, 11) is -0.136. The third kappa shape index (κ3) is 7.15. The van der Waals surface area contributed by atoms with E-state index >= 15 is 0 Å². The molecule has 2 aromatic rings. The minimum absolute atomic E-state index is 0.00976. The van der Waals surface area contributed by atoms with Crippen molar-refractivity contribution in [2.75, 3.05) is 32.1 Å². The smallest absolute Gasteiger partial charge is 0.304 e. The number of nitrogens with one attached hydrogen (secondary N) is 1. The van der Waals surface area contributed by atoms with Crippen LogP contribution < -0.4 is 14.4 Å². The number of amides is 2. The van der Waals surface area contributed by atoms with Gasteiger partial charge in [-0.25, -0.2) is 8.70 Å². The highest BCUT2D eigenvalue weighted by Gasteiger charge is 2.33. The number of rotatable bonds is 11. The Morgan fingerprint density at radius 1 is 1.06 bits per heavy atom. The minimum atomic E-state index is -4.23. The second-order valence-corrected chi connectivity index (χ2v) is 10.5. The Labute approximate surface area is 206 Å². The van der Waals surface area contributed by atoms with Gasteiger partial charge in [-0.05, 0) is 50.6 Å². The van der Waals surface area contributed by atoms with E-state index in [2.05, 4.69) is 5.32 Å². The van der Waals surface area contributed by atoms with Crippen molar-refractivity contribution >= 4 is 27.7 Å². The number of hydrogen-bond donors (Lipinski definition) is 1. The molecule has 0 aliphatic carbocycles. The molecule has 0 saturated heterocycles. The van der Waals surface area contributed by atoms with Crippen molar-refractivity contribution in [1.29, 1.82) is 0 Å². The molecule has 0 aliphatic rings. The van der Waals surface area contributed by atoms with Crippen LogP contribution in [0, 0.1) is 5.82 Å². The van der Waals surface area contributed by atoms with Gasteiger partial charge >= 0.3 is 10.2 Å². The first-order valence-electron chi connectivity index (χ1n) is 11.1. The predicted octanol–water partition coefficient (Wildman–Crippen LogP) is 2.39. The Morgan fingerprint density at radius 3 is 2.29 bits per heavy atom. The normalized spacial score (nSPS) is 12.4. The van der Waals surface area contributed by atoms with Crippen LogP contribution in [0.15, 0.2) is 48.5 Å². The maximum Gasteiger partial charge on any atom is 0.304 e. The lowest BCUT2D eigenvalue weighted by Crippen LogP contribution is -2.53. The van der Waals surface area contributed by atoms with Crippen LogP contribution in [0.2, 0.25) is 0 Å². The molecule has 2 aromatic carbocycles. The summed E-state index contributed by atoms with van der Waals surface area (Å²) in [5.41, 5.74) is 0.407. The van der Waals surface area contributed by atoms with Crippen LogP contribution in [0.3, 0.4) is 0 Å². The zero-order valence-corrected chi connectivity index (χ0v) is 21.7. The van der Waals surface area contributed by atoms with Gasteiger partial charge < -0.3 is 15.0 Å². The molecule has 0 bridgehead atoms.